The second-order valence-electron chi connectivity index (χ2n) is 5.41. The molecule has 24 heavy (non-hydrogen) atoms. The predicted molar refractivity (Wildman–Crippen MR) is 90.2 cm³/mol. The molecule has 0 radical (unpaired) electrons. The molecule has 2 aromatic carbocycles. The van der Waals surface area contributed by atoms with E-state index in [1.807, 2.05) is 24.3 Å². The molecule has 0 unspecified atom stereocenters. The van der Waals surface area contributed by atoms with Gasteiger partial charge in [-0.1, -0.05) is 23.7 Å². The van der Waals surface area contributed by atoms with Crippen molar-refractivity contribution in [1.29, 1.82) is 0 Å². The van der Waals surface area contributed by atoms with Crippen LogP contribution < -0.4 is 4.74 Å². The van der Waals surface area contributed by atoms with E-state index in [4.69, 9.17) is 16.3 Å². The first-order valence-corrected chi connectivity index (χ1v) is 7.75. The van der Waals surface area contributed by atoms with Crippen LogP contribution in [0.3, 0.4) is 0 Å². The van der Waals surface area contributed by atoms with Crippen LogP contribution in [0.4, 0.5) is 0 Å². The molecule has 0 bridgehead atoms. The van der Waals surface area contributed by atoms with Gasteiger partial charge in [0.2, 0.25) is 0 Å². The van der Waals surface area contributed by atoms with Crippen LogP contribution in [0.25, 0.3) is 11.1 Å². The highest BCUT2D eigenvalue weighted by atomic mass is 35.5. The fourth-order valence-electron chi connectivity index (χ4n) is 2.83. The summed E-state index contributed by atoms with van der Waals surface area (Å²) in [5, 5.41) is 0.543. The van der Waals surface area contributed by atoms with Gasteiger partial charge in [-0.25, -0.2) is 0 Å². The van der Waals surface area contributed by atoms with Gasteiger partial charge in [-0.15, -0.1) is 0 Å². The van der Waals surface area contributed by atoms with E-state index >= 15 is 0 Å². The van der Waals surface area contributed by atoms with Crippen molar-refractivity contribution in [2.75, 3.05) is 20.8 Å². The summed E-state index contributed by atoms with van der Waals surface area (Å²) in [5.74, 6) is 0.0433. The molecule has 0 N–H and O–H groups in total. The zero-order chi connectivity index (χ0) is 17.3. The Kier molecular flexibility index (Phi) is 4.44. The minimum absolute atomic E-state index is 0.0696. The summed E-state index contributed by atoms with van der Waals surface area (Å²) < 4.78 is 9.82. The van der Waals surface area contributed by atoms with Gasteiger partial charge < -0.3 is 14.4 Å². The number of benzene rings is 2. The van der Waals surface area contributed by atoms with Crippen molar-refractivity contribution in [2.24, 2.45) is 0 Å². The van der Waals surface area contributed by atoms with Crippen molar-refractivity contribution in [3.8, 4) is 16.9 Å². The Morgan fingerprint density at radius 1 is 1.17 bits per heavy atom. The summed E-state index contributed by atoms with van der Waals surface area (Å²) >= 11 is 6.37. The van der Waals surface area contributed by atoms with Crippen molar-refractivity contribution in [3.63, 3.8) is 0 Å². The van der Waals surface area contributed by atoms with E-state index in [9.17, 15) is 9.59 Å². The third-order valence-corrected chi connectivity index (χ3v) is 4.37. The fourth-order valence-corrected chi connectivity index (χ4v) is 3.10. The number of methoxy groups -OCH3 is 2. The molecule has 0 spiro atoms. The molecule has 0 aromatic heterocycles. The summed E-state index contributed by atoms with van der Waals surface area (Å²) in [6.45, 7) is 0.279. The van der Waals surface area contributed by atoms with Crippen molar-refractivity contribution in [3.05, 3.63) is 52.5 Å². The Bertz CT molecular complexity index is 819. The Balaban J connectivity index is 2.00. The van der Waals surface area contributed by atoms with Gasteiger partial charge in [-0.2, -0.15) is 0 Å². The number of esters is 1. The van der Waals surface area contributed by atoms with Crippen LogP contribution in [-0.4, -0.2) is 37.5 Å². The van der Waals surface area contributed by atoms with Crippen LogP contribution in [0.2, 0.25) is 5.02 Å². The quantitative estimate of drug-likeness (QED) is 0.799. The molecule has 2 aromatic rings. The number of ether oxygens (including phenoxy) is 2. The lowest BCUT2D eigenvalue weighted by molar-refractivity contribution is -0.141. The number of hydrogen-bond acceptors (Lipinski definition) is 4. The highest BCUT2D eigenvalue weighted by Gasteiger charge is 2.31. The Morgan fingerprint density at radius 2 is 1.92 bits per heavy atom. The number of carbonyl (C=O) groups is 2. The first-order valence-electron chi connectivity index (χ1n) is 7.37. The third kappa shape index (κ3) is 2.83. The molecule has 0 aliphatic carbocycles. The summed E-state index contributed by atoms with van der Waals surface area (Å²) in [5.41, 5.74) is 3.14. The third-order valence-electron chi connectivity index (χ3n) is 4.06. The lowest BCUT2D eigenvalue weighted by atomic mass is 9.97. The van der Waals surface area contributed by atoms with Gasteiger partial charge >= 0.3 is 5.97 Å². The van der Waals surface area contributed by atoms with Gasteiger partial charge in [0.05, 0.1) is 19.2 Å². The number of halogens is 1. The SMILES string of the molecule is COC(=O)CN1Cc2c(cccc2-c2ccc(OC)cc2Cl)C1=O. The van der Waals surface area contributed by atoms with Crippen LogP contribution in [0.1, 0.15) is 15.9 Å². The number of amides is 1. The molecule has 0 saturated heterocycles. The summed E-state index contributed by atoms with van der Waals surface area (Å²) in [6.07, 6.45) is 0. The first kappa shape index (κ1) is 16.3. The second-order valence-corrected chi connectivity index (χ2v) is 5.82. The summed E-state index contributed by atoms with van der Waals surface area (Å²) in [7, 11) is 2.88. The smallest absolute Gasteiger partial charge is 0.325 e. The average Bonchev–Trinajstić information content (AvgIpc) is 2.91. The maximum atomic E-state index is 12.5. The van der Waals surface area contributed by atoms with Gasteiger partial charge in [0.25, 0.3) is 5.91 Å². The first-order chi connectivity index (χ1) is 11.5. The molecule has 5 nitrogen and oxygen atoms in total. The summed E-state index contributed by atoms with van der Waals surface area (Å²) in [4.78, 5) is 25.4. The van der Waals surface area contributed by atoms with Crippen LogP contribution in [-0.2, 0) is 16.1 Å². The largest absolute Gasteiger partial charge is 0.497 e. The predicted octanol–water partition coefficient (Wildman–Crippen LogP) is 3.14. The van der Waals surface area contributed by atoms with Crippen LogP contribution in [0, 0.1) is 0 Å². The molecule has 1 amide bonds. The monoisotopic (exact) mass is 345 g/mol. The average molecular weight is 346 g/mol. The number of fused-ring (bicyclic) bond motifs is 1. The number of carbonyl (C=O) groups excluding carboxylic acids is 2. The molecule has 1 aliphatic heterocycles. The zero-order valence-corrected chi connectivity index (χ0v) is 14.1. The van der Waals surface area contributed by atoms with E-state index < -0.39 is 5.97 Å². The van der Waals surface area contributed by atoms with Crippen molar-refractivity contribution in [1.82, 2.24) is 4.90 Å². The van der Waals surface area contributed by atoms with Gasteiger partial charge in [0.15, 0.2) is 0 Å². The maximum absolute atomic E-state index is 12.5. The second kappa shape index (κ2) is 6.53. The maximum Gasteiger partial charge on any atom is 0.325 e. The Labute approximate surface area is 144 Å². The molecule has 0 atom stereocenters. The van der Waals surface area contributed by atoms with Crippen LogP contribution in [0.15, 0.2) is 36.4 Å². The molecular weight excluding hydrogens is 330 g/mol. The van der Waals surface area contributed by atoms with Crippen molar-refractivity contribution in [2.45, 2.75) is 6.54 Å². The minimum Gasteiger partial charge on any atom is -0.497 e. The number of nitrogens with zero attached hydrogens (tertiary/aromatic N) is 1. The van der Waals surface area contributed by atoms with Gasteiger partial charge in [0.1, 0.15) is 12.3 Å². The number of hydrogen-bond donors (Lipinski definition) is 0. The standard InChI is InChI=1S/C18H16ClNO4/c1-23-11-6-7-13(16(19)8-11)12-4-3-5-14-15(12)9-20(18(14)22)10-17(21)24-2/h3-8H,9-10H2,1-2H3. The highest BCUT2D eigenvalue weighted by molar-refractivity contribution is 6.33. The van der Waals surface area contributed by atoms with E-state index in [0.29, 0.717) is 22.9 Å². The van der Waals surface area contributed by atoms with E-state index in [1.165, 1.54) is 12.0 Å². The zero-order valence-electron chi connectivity index (χ0n) is 13.3. The van der Waals surface area contributed by atoms with Crippen LogP contribution in [0.5, 0.6) is 5.75 Å². The van der Waals surface area contributed by atoms with E-state index in [2.05, 4.69) is 4.74 Å². The Morgan fingerprint density at radius 3 is 2.58 bits per heavy atom. The lowest BCUT2D eigenvalue weighted by Crippen LogP contribution is -2.30. The summed E-state index contributed by atoms with van der Waals surface area (Å²) in [6, 6.07) is 10.9. The highest BCUT2D eigenvalue weighted by Crippen LogP contribution is 2.37. The molecule has 3 rings (SSSR count). The molecule has 1 aliphatic rings. The normalized spacial score (nSPS) is 13.0. The van der Waals surface area contributed by atoms with E-state index in [0.717, 1.165) is 16.7 Å². The topological polar surface area (TPSA) is 55.8 Å². The molecule has 1 heterocycles. The van der Waals surface area contributed by atoms with Gasteiger partial charge in [-0.3, -0.25) is 9.59 Å². The Hall–Kier alpha value is -2.53. The van der Waals surface area contributed by atoms with Crippen LogP contribution >= 0.6 is 11.6 Å². The van der Waals surface area contributed by atoms with Gasteiger partial charge in [0, 0.05) is 17.7 Å². The number of rotatable bonds is 4. The van der Waals surface area contributed by atoms with E-state index in [-0.39, 0.29) is 12.5 Å². The van der Waals surface area contributed by atoms with E-state index in [1.54, 1.807) is 19.2 Å². The van der Waals surface area contributed by atoms with Crippen molar-refractivity contribution < 1.29 is 19.1 Å². The van der Waals surface area contributed by atoms with Gasteiger partial charge in [-0.05, 0) is 35.4 Å². The lowest BCUT2D eigenvalue weighted by Gasteiger charge is -2.14. The van der Waals surface area contributed by atoms with Crippen molar-refractivity contribution >= 4 is 23.5 Å². The molecular formula is C18H16ClNO4. The molecule has 0 fully saturated rings. The fraction of sp³-hybridized carbons (Fsp3) is 0.222. The molecule has 6 heteroatoms. The molecule has 124 valence electrons. The molecule has 0 saturated carbocycles. The minimum atomic E-state index is -0.444.